The van der Waals surface area contributed by atoms with Crippen LogP contribution in [0.4, 0.5) is 11.4 Å². The number of hydrogen-bond acceptors (Lipinski definition) is 3. The van der Waals surface area contributed by atoms with Crippen LogP contribution in [0.15, 0.2) is 78.9 Å². The minimum absolute atomic E-state index is 0.103. The first-order valence-electron chi connectivity index (χ1n) is 8.80. The Hall–Kier alpha value is -3.04. The minimum atomic E-state index is -0.119. The molecule has 0 bridgehead atoms. The van der Waals surface area contributed by atoms with Crippen molar-refractivity contribution < 1.29 is 9.47 Å². The monoisotopic (exact) mass is 341 g/mol. The van der Waals surface area contributed by atoms with Crippen molar-refractivity contribution in [1.82, 2.24) is 0 Å². The Labute approximate surface area is 153 Å². The highest BCUT2D eigenvalue weighted by Gasteiger charge is 2.35. The number of nitrogens with zero attached hydrogens (tertiary/aromatic N) is 1. The van der Waals surface area contributed by atoms with Crippen molar-refractivity contribution in [3.05, 3.63) is 95.6 Å². The second kappa shape index (κ2) is 6.04. The third kappa shape index (κ3) is 2.32. The van der Waals surface area contributed by atoms with Gasteiger partial charge in [-0.2, -0.15) is 0 Å². The molecule has 0 aliphatic carbocycles. The van der Waals surface area contributed by atoms with E-state index in [1.54, 1.807) is 7.11 Å². The molecule has 5 rings (SSSR count). The topological polar surface area (TPSA) is 21.7 Å². The number of rotatable bonds is 2. The molecule has 0 unspecified atom stereocenters. The average molecular weight is 341 g/mol. The fourth-order valence-electron chi connectivity index (χ4n) is 3.81. The minimum Gasteiger partial charge on any atom is -0.497 e. The molecule has 2 aliphatic rings. The van der Waals surface area contributed by atoms with Gasteiger partial charge in [-0.3, -0.25) is 0 Å². The lowest BCUT2D eigenvalue weighted by atomic mass is 9.95. The number of ether oxygens (including phenoxy) is 2. The molecule has 3 aromatic rings. The van der Waals surface area contributed by atoms with Crippen molar-refractivity contribution in [2.24, 2.45) is 0 Å². The lowest BCUT2D eigenvalue weighted by molar-refractivity contribution is 0.0302. The van der Waals surface area contributed by atoms with Gasteiger partial charge < -0.3 is 14.4 Å². The maximum Gasteiger partial charge on any atom is 0.155 e. The summed E-state index contributed by atoms with van der Waals surface area (Å²) in [4.78, 5) is 2.28. The molecule has 128 valence electrons. The van der Waals surface area contributed by atoms with Crippen molar-refractivity contribution in [3.8, 4) is 5.75 Å². The fraction of sp³-hybridized carbons (Fsp3) is 0.130. The molecule has 0 aromatic heterocycles. The van der Waals surface area contributed by atoms with E-state index in [2.05, 4.69) is 77.7 Å². The Bertz CT molecular complexity index is 978. The summed E-state index contributed by atoms with van der Waals surface area (Å²) in [5, 5.41) is 0. The molecule has 0 radical (unpaired) electrons. The average Bonchev–Trinajstić information content (AvgIpc) is 2.73. The molecule has 2 heterocycles. The Kier molecular flexibility index (Phi) is 3.54. The first kappa shape index (κ1) is 15.2. The number of benzene rings is 3. The Morgan fingerprint density at radius 3 is 2.38 bits per heavy atom. The number of hydrogen-bond donors (Lipinski definition) is 0. The summed E-state index contributed by atoms with van der Waals surface area (Å²) in [5.41, 5.74) is 5.90. The highest BCUT2D eigenvalue weighted by molar-refractivity contribution is 5.80. The smallest absolute Gasteiger partial charge is 0.155 e. The van der Waals surface area contributed by atoms with Gasteiger partial charge in [0.2, 0.25) is 0 Å². The zero-order chi connectivity index (χ0) is 17.5. The predicted octanol–water partition coefficient (Wildman–Crippen LogP) is 5.31. The van der Waals surface area contributed by atoms with Gasteiger partial charge in [0.05, 0.1) is 18.5 Å². The highest BCUT2D eigenvalue weighted by Crippen LogP contribution is 2.46. The normalized spacial score (nSPS) is 20.1. The molecule has 0 saturated heterocycles. The molecule has 2 atom stereocenters. The molecule has 0 saturated carbocycles. The van der Waals surface area contributed by atoms with Gasteiger partial charge in [-0.15, -0.1) is 0 Å². The molecular formula is C23H19NO2. The first-order chi connectivity index (χ1) is 12.8. The van der Waals surface area contributed by atoms with Crippen LogP contribution >= 0.6 is 0 Å². The fourth-order valence-corrected chi connectivity index (χ4v) is 3.81. The van der Waals surface area contributed by atoms with Gasteiger partial charge in [-0.1, -0.05) is 54.6 Å². The van der Waals surface area contributed by atoms with E-state index in [4.69, 9.17) is 9.47 Å². The van der Waals surface area contributed by atoms with Crippen LogP contribution in [-0.4, -0.2) is 13.3 Å². The van der Waals surface area contributed by atoms with Gasteiger partial charge in [0.1, 0.15) is 11.9 Å². The molecule has 3 heteroatoms. The van der Waals surface area contributed by atoms with Crippen LogP contribution in [0.2, 0.25) is 0 Å². The summed E-state index contributed by atoms with van der Waals surface area (Å²) in [6, 6.07) is 25.1. The molecular weight excluding hydrogens is 322 g/mol. The maximum absolute atomic E-state index is 6.53. The Balaban J connectivity index is 1.64. The van der Waals surface area contributed by atoms with Gasteiger partial charge >= 0.3 is 0 Å². The number of para-hydroxylation sites is 2. The van der Waals surface area contributed by atoms with E-state index >= 15 is 0 Å². The molecule has 2 aliphatic heterocycles. The predicted molar refractivity (Wildman–Crippen MR) is 104 cm³/mol. The van der Waals surface area contributed by atoms with Crippen LogP contribution < -0.4 is 9.64 Å². The van der Waals surface area contributed by atoms with E-state index in [-0.39, 0.29) is 12.3 Å². The van der Waals surface area contributed by atoms with E-state index < -0.39 is 0 Å². The van der Waals surface area contributed by atoms with Crippen LogP contribution in [0.25, 0.3) is 6.08 Å². The maximum atomic E-state index is 6.53. The SMILES string of the molecule is COc1ccc([C@@H]2O[C@H]3C=Cc4ccccc4N3c3ccccc32)cc1. The second-order valence-corrected chi connectivity index (χ2v) is 6.53. The summed E-state index contributed by atoms with van der Waals surface area (Å²) >= 11 is 0. The Morgan fingerprint density at radius 1 is 0.846 bits per heavy atom. The number of fused-ring (bicyclic) bond motifs is 5. The third-order valence-electron chi connectivity index (χ3n) is 5.06. The zero-order valence-electron chi connectivity index (χ0n) is 14.5. The quantitative estimate of drug-likeness (QED) is 0.631. The summed E-state index contributed by atoms with van der Waals surface area (Å²) < 4.78 is 11.8. The lowest BCUT2D eigenvalue weighted by Gasteiger charge is -2.43. The largest absolute Gasteiger partial charge is 0.497 e. The molecule has 0 amide bonds. The van der Waals surface area contributed by atoms with Gasteiger partial charge in [0.15, 0.2) is 6.23 Å². The lowest BCUT2D eigenvalue weighted by Crippen LogP contribution is -2.40. The Morgan fingerprint density at radius 2 is 1.58 bits per heavy atom. The van der Waals surface area contributed by atoms with Gasteiger partial charge in [0, 0.05) is 5.56 Å². The highest BCUT2D eigenvalue weighted by atomic mass is 16.5. The van der Waals surface area contributed by atoms with Gasteiger partial charge in [0.25, 0.3) is 0 Å². The van der Waals surface area contributed by atoms with Crippen LogP contribution in [-0.2, 0) is 4.74 Å². The van der Waals surface area contributed by atoms with Crippen molar-refractivity contribution in [1.29, 1.82) is 0 Å². The number of methoxy groups -OCH3 is 1. The molecule has 3 nitrogen and oxygen atoms in total. The summed E-state index contributed by atoms with van der Waals surface area (Å²) in [6.07, 6.45) is 4.06. The van der Waals surface area contributed by atoms with E-state index in [1.165, 1.54) is 22.5 Å². The molecule has 0 fully saturated rings. The van der Waals surface area contributed by atoms with E-state index in [9.17, 15) is 0 Å². The van der Waals surface area contributed by atoms with E-state index in [0.29, 0.717) is 0 Å². The van der Waals surface area contributed by atoms with Crippen molar-refractivity contribution >= 4 is 17.5 Å². The molecule has 26 heavy (non-hydrogen) atoms. The van der Waals surface area contributed by atoms with Crippen molar-refractivity contribution in [2.75, 3.05) is 12.0 Å². The standard InChI is InChI=1S/C23H19NO2/c1-25-18-13-10-17(11-14-18)23-19-7-3-5-9-21(19)24-20-8-4-2-6-16(20)12-15-22(24)26-23/h2-15,22-23H,1H3/t22-,23-/m0/s1. The summed E-state index contributed by atoms with van der Waals surface area (Å²) in [7, 11) is 1.68. The first-order valence-corrected chi connectivity index (χ1v) is 8.80. The summed E-state index contributed by atoms with van der Waals surface area (Å²) in [6.45, 7) is 0. The van der Waals surface area contributed by atoms with Crippen LogP contribution in [0.5, 0.6) is 5.75 Å². The van der Waals surface area contributed by atoms with Crippen LogP contribution in [0.1, 0.15) is 22.8 Å². The molecule has 3 aromatic carbocycles. The van der Waals surface area contributed by atoms with Crippen molar-refractivity contribution in [3.63, 3.8) is 0 Å². The van der Waals surface area contributed by atoms with E-state index in [1.807, 2.05) is 12.1 Å². The van der Waals surface area contributed by atoms with Crippen LogP contribution in [0, 0.1) is 0 Å². The van der Waals surface area contributed by atoms with Crippen LogP contribution in [0.3, 0.4) is 0 Å². The molecule has 0 N–H and O–H groups in total. The molecule has 0 spiro atoms. The van der Waals surface area contributed by atoms with Gasteiger partial charge in [-0.25, -0.2) is 0 Å². The van der Waals surface area contributed by atoms with Crippen molar-refractivity contribution in [2.45, 2.75) is 12.3 Å². The number of anilines is 2. The van der Waals surface area contributed by atoms with E-state index in [0.717, 1.165) is 11.3 Å². The zero-order valence-corrected chi connectivity index (χ0v) is 14.5. The van der Waals surface area contributed by atoms with Gasteiger partial charge in [-0.05, 0) is 41.5 Å². The second-order valence-electron chi connectivity index (χ2n) is 6.53. The third-order valence-corrected chi connectivity index (χ3v) is 5.06. The summed E-state index contributed by atoms with van der Waals surface area (Å²) in [5.74, 6) is 0.853.